The number of furan rings is 1. The van der Waals surface area contributed by atoms with Crippen LogP contribution < -0.4 is 0 Å². The molecule has 0 atom stereocenters. The van der Waals surface area contributed by atoms with Crippen LogP contribution in [0.2, 0.25) is 0 Å². The third kappa shape index (κ3) is 3.99. The summed E-state index contributed by atoms with van der Waals surface area (Å²) in [6.45, 7) is 13.2. The van der Waals surface area contributed by atoms with Crippen molar-refractivity contribution in [3.8, 4) is 33.6 Å². The van der Waals surface area contributed by atoms with E-state index < -0.39 is 0 Å². The van der Waals surface area contributed by atoms with Crippen molar-refractivity contribution in [3.63, 3.8) is 0 Å². The minimum Gasteiger partial charge on any atom is -0.437 e. The summed E-state index contributed by atoms with van der Waals surface area (Å²) in [5.74, 6) is 0. The van der Waals surface area contributed by atoms with E-state index in [0.717, 1.165) is 38.9 Å². The van der Waals surface area contributed by atoms with Crippen molar-refractivity contribution in [1.29, 1.82) is 0 Å². The van der Waals surface area contributed by atoms with E-state index >= 15 is 0 Å². The van der Waals surface area contributed by atoms with E-state index in [1.807, 2.05) is 6.20 Å². The van der Waals surface area contributed by atoms with Gasteiger partial charge in [-0.25, -0.2) is 4.98 Å². The van der Waals surface area contributed by atoms with E-state index in [2.05, 4.69) is 120 Å². The summed E-state index contributed by atoms with van der Waals surface area (Å²) >= 11 is 0. The summed E-state index contributed by atoms with van der Waals surface area (Å²) < 4.78 is 6.48. The maximum Gasteiger partial charge on any atom is 0.227 e. The van der Waals surface area contributed by atoms with Crippen molar-refractivity contribution in [1.82, 2.24) is 9.97 Å². The second kappa shape index (κ2) is 8.95. The second-order valence-electron chi connectivity index (χ2n) is 11.3. The molecule has 0 bridgehead atoms. The van der Waals surface area contributed by atoms with Gasteiger partial charge in [-0.05, 0) is 83.8 Å². The SMILES string of the molecule is Cc1cc(-c2cccc3c2oc2nc(-c4c(C)ccc(-c5ccccc5)c4C)ccc23)ncc1C(C)(C)C. The molecule has 6 aromatic rings. The Kier molecular flexibility index (Phi) is 5.68. The summed E-state index contributed by atoms with van der Waals surface area (Å²) in [5.41, 5.74) is 12.9. The summed E-state index contributed by atoms with van der Waals surface area (Å²) in [7, 11) is 0. The zero-order valence-corrected chi connectivity index (χ0v) is 22.9. The highest BCUT2D eigenvalue weighted by Gasteiger charge is 2.20. The molecule has 0 unspecified atom stereocenters. The minimum absolute atomic E-state index is 0.0510. The second-order valence-corrected chi connectivity index (χ2v) is 11.3. The van der Waals surface area contributed by atoms with Gasteiger partial charge in [-0.2, -0.15) is 0 Å². The molecule has 0 radical (unpaired) electrons. The van der Waals surface area contributed by atoms with Gasteiger partial charge in [-0.3, -0.25) is 4.98 Å². The number of aryl methyl sites for hydroxylation is 2. The Balaban J connectivity index is 1.50. The molecule has 3 heteroatoms. The fraction of sp³-hybridized carbons (Fsp3) is 0.200. The maximum atomic E-state index is 6.48. The van der Waals surface area contributed by atoms with Crippen LogP contribution in [0.3, 0.4) is 0 Å². The van der Waals surface area contributed by atoms with Crippen molar-refractivity contribution in [2.75, 3.05) is 0 Å². The maximum absolute atomic E-state index is 6.48. The lowest BCUT2D eigenvalue weighted by Gasteiger charge is -2.21. The predicted molar refractivity (Wildman–Crippen MR) is 159 cm³/mol. The van der Waals surface area contributed by atoms with Crippen LogP contribution in [-0.4, -0.2) is 9.97 Å². The third-order valence-electron chi connectivity index (χ3n) is 7.57. The van der Waals surface area contributed by atoms with E-state index in [4.69, 9.17) is 14.4 Å². The lowest BCUT2D eigenvalue weighted by molar-refractivity contribution is 0.583. The largest absolute Gasteiger partial charge is 0.437 e. The van der Waals surface area contributed by atoms with E-state index in [0.29, 0.717) is 5.71 Å². The predicted octanol–water partition coefficient (Wildman–Crippen LogP) is 9.60. The minimum atomic E-state index is 0.0510. The summed E-state index contributed by atoms with van der Waals surface area (Å²) in [5, 5.41) is 2.07. The lowest BCUT2D eigenvalue weighted by Crippen LogP contribution is -2.13. The zero-order valence-electron chi connectivity index (χ0n) is 22.9. The molecular weight excluding hydrogens is 464 g/mol. The van der Waals surface area contributed by atoms with Crippen LogP contribution in [0.25, 0.3) is 55.7 Å². The van der Waals surface area contributed by atoms with E-state index in [-0.39, 0.29) is 5.41 Å². The van der Waals surface area contributed by atoms with Crippen molar-refractivity contribution >= 4 is 22.1 Å². The molecule has 0 aliphatic carbocycles. The van der Waals surface area contributed by atoms with Crippen LogP contribution >= 0.6 is 0 Å². The number of hydrogen-bond acceptors (Lipinski definition) is 3. The molecule has 3 heterocycles. The number of hydrogen-bond donors (Lipinski definition) is 0. The monoisotopic (exact) mass is 496 g/mol. The molecular formula is C35H32N2O. The van der Waals surface area contributed by atoms with Crippen LogP contribution in [0.15, 0.2) is 89.5 Å². The smallest absolute Gasteiger partial charge is 0.227 e. The molecule has 0 saturated carbocycles. The Morgan fingerprint density at radius 1 is 0.684 bits per heavy atom. The highest BCUT2D eigenvalue weighted by Crippen LogP contribution is 2.38. The van der Waals surface area contributed by atoms with Crippen molar-refractivity contribution in [2.24, 2.45) is 0 Å². The first kappa shape index (κ1) is 24.1. The summed E-state index contributed by atoms with van der Waals surface area (Å²) in [4.78, 5) is 9.89. The first-order valence-electron chi connectivity index (χ1n) is 13.2. The highest BCUT2D eigenvalue weighted by molar-refractivity contribution is 6.08. The first-order valence-corrected chi connectivity index (χ1v) is 13.2. The van der Waals surface area contributed by atoms with Crippen LogP contribution in [0.4, 0.5) is 0 Å². The zero-order chi connectivity index (χ0) is 26.6. The quantitative estimate of drug-likeness (QED) is 0.245. The van der Waals surface area contributed by atoms with E-state index in [9.17, 15) is 0 Å². The fourth-order valence-electron chi connectivity index (χ4n) is 5.68. The van der Waals surface area contributed by atoms with Crippen LogP contribution in [0, 0.1) is 20.8 Å². The molecule has 0 spiro atoms. The van der Waals surface area contributed by atoms with Crippen molar-refractivity contribution in [2.45, 2.75) is 47.0 Å². The lowest BCUT2D eigenvalue weighted by atomic mass is 9.85. The number of rotatable bonds is 3. The fourth-order valence-corrected chi connectivity index (χ4v) is 5.68. The Morgan fingerprint density at radius 3 is 2.21 bits per heavy atom. The van der Waals surface area contributed by atoms with Gasteiger partial charge in [0, 0.05) is 28.1 Å². The van der Waals surface area contributed by atoms with Gasteiger partial charge in [0.1, 0.15) is 5.58 Å². The molecule has 6 rings (SSSR count). The number of aromatic nitrogens is 2. The van der Waals surface area contributed by atoms with Gasteiger partial charge in [0.25, 0.3) is 0 Å². The molecule has 3 aromatic carbocycles. The van der Waals surface area contributed by atoms with Crippen LogP contribution in [-0.2, 0) is 5.41 Å². The highest BCUT2D eigenvalue weighted by atomic mass is 16.3. The molecule has 0 amide bonds. The molecule has 0 saturated heterocycles. The number of benzene rings is 3. The Hall–Kier alpha value is -4.24. The molecule has 3 aromatic heterocycles. The number of fused-ring (bicyclic) bond motifs is 3. The van der Waals surface area contributed by atoms with Crippen molar-refractivity contribution < 1.29 is 4.42 Å². The van der Waals surface area contributed by atoms with E-state index in [1.54, 1.807) is 0 Å². The third-order valence-corrected chi connectivity index (χ3v) is 7.57. The molecule has 3 nitrogen and oxygen atoms in total. The van der Waals surface area contributed by atoms with Gasteiger partial charge in [-0.1, -0.05) is 75.4 Å². The van der Waals surface area contributed by atoms with Gasteiger partial charge < -0.3 is 4.42 Å². The van der Waals surface area contributed by atoms with Gasteiger partial charge >= 0.3 is 0 Å². The normalized spacial score (nSPS) is 11.9. The van der Waals surface area contributed by atoms with Gasteiger partial charge in [0.05, 0.1) is 11.4 Å². The molecule has 0 fully saturated rings. The Morgan fingerprint density at radius 2 is 1.47 bits per heavy atom. The topological polar surface area (TPSA) is 38.9 Å². The molecule has 0 aliphatic heterocycles. The van der Waals surface area contributed by atoms with Gasteiger partial charge in [0.2, 0.25) is 5.71 Å². The van der Waals surface area contributed by atoms with Crippen LogP contribution in [0.1, 0.15) is 43.0 Å². The summed E-state index contributed by atoms with van der Waals surface area (Å²) in [6, 6.07) is 27.6. The number of para-hydroxylation sites is 1. The summed E-state index contributed by atoms with van der Waals surface area (Å²) in [6.07, 6.45) is 2.01. The molecule has 188 valence electrons. The number of pyridine rings is 2. The standard InChI is InChI=1S/C35H32N2O/c1-21-15-16-25(24-11-8-7-9-12-24)23(3)32(21)30-18-17-27-26-13-10-14-28(33(26)38-34(27)37-30)31-19-22(2)29(20-36-31)35(4,5)6/h7-20H,1-6H3. The molecule has 38 heavy (non-hydrogen) atoms. The van der Waals surface area contributed by atoms with Gasteiger partial charge in [0.15, 0.2) is 0 Å². The molecule has 0 N–H and O–H groups in total. The Labute approximate surface area is 224 Å². The van der Waals surface area contributed by atoms with Gasteiger partial charge in [-0.15, -0.1) is 0 Å². The van der Waals surface area contributed by atoms with E-state index in [1.165, 1.54) is 33.4 Å². The van der Waals surface area contributed by atoms with Crippen molar-refractivity contribution in [3.05, 3.63) is 107 Å². The number of nitrogens with zero attached hydrogens (tertiary/aromatic N) is 2. The average Bonchev–Trinajstić information content (AvgIpc) is 3.26. The Bertz CT molecular complexity index is 1820. The first-order chi connectivity index (χ1) is 18.2. The van der Waals surface area contributed by atoms with Crippen LogP contribution in [0.5, 0.6) is 0 Å². The molecule has 0 aliphatic rings. The average molecular weight is 497 g/mol.